The normalized spacial score (nSPS) is 13.2. The van der Waals surface area contributed by atoms with Gasteiger partial charge in [0.2, 0.25) is 0 Å². The first-order valence-electron chi connectivity index (χ1n) is 13.8. The molecule has 0 spiro atoms. The Balaban J connectivity index is 1.76. The summed E-state index contributed by atoms with van der Waals surface area (Å²) in [5.41, 5.74) is 16.5. The lowest BCUT2D eigenvalue weighted by molar-refractivity contribution is 0.590. The molecule has 0 atom stereocenters. The van der Waals surface area contributed by atoms with Crippen LogP contribution in [-0.2, 0) is 11.8 Å². The summed E-state index contributed by atoms with van der Waals surface area (Å²) in [5.74, 6) is 0. The summed E-state index contributed by atoms with van der Waals surface area (Å²) in [6.45, 7) is 15.8. The fourth-order valence-corrected chi connectivity index (χ4v) is 6.79. The van der Waals surface area contributed by atoms with Crippen molar-refractivity contribution in [3.63, 3.8) is 0 Å². The molecule has 0 saturated carbocycles. The zero-order valence-electron chi connectivity index (χ0n) is 23.5. The summed E-state index contributed by atoms with van der Waals surface area (Å²) in [7, 11) is 0. The number of aromatic nitrogens is 2. The molecule has 1 aliphatic carbocycles. The zero-order valence-corrected chi connectivity index (χ0v) is 24.4. The standard InChI is InChI=1S/C35H36N2S/c1-8-27-20(3)31-18-25-11-12-26(38-25)19-32-21(4)28(9-2)34(37-32)16-23-14-22(15-33(27)36-31)29-13-10-24(17-30(23)29)35(5,6)7/h10-19,36H,8-9H2,1-7H3. The van der Waals surface area contributed by atoms with Gasteiger partial charge in [0.1, 0.15) is 0 Å². The fraction of sp³-hybridized carbons (Fsp3) is 0.286. The maximum Gasteiger partial charge on any atom is 0.0683 e. The molecule has 3 aromatic heterocycles. The molecule has 4 heterocycles. The number of H-pyrrole nitrogens is 1. The third kappa shape index (κ3) is 4.14. The van der Waals surface area contributed by atoms with Crippen LogP contribution in [0.15, 0.2) is 60.7 Å². The van der Waals surface area contributed by atoms with Crippen LogP contribution in [0, 0.1) is 6.92 Å². The molecule has 0 radical (unpaired) electrons. The van der Waals surface area contributed by atoms with E-state index in [1.54, 1.807) is 0 Å². The van der Waals surface area contributed by atoms with Gasteiger partial charge in [-0.1, -0.05) is 46.8 Å². The monoisotopic (exact) mass is 516 g/mol. The summed E-state index contributed by atoms with van der Waals surface area (Å²) in [6, 6.07) is 23.0. The highest BCUT2D eigenvalue weighted by Crippen LogP contribution is 2.43. The molecule has 3 heteroatoms. The second kappa shape index (κ2) is 9.10. The second-order valence-corrected chi connectivity index (χ2v) is 12.8. The molecule has 6 rings (SSSR count). The minimum atomic E-state index is 0.0871. The summed E-state index contributed by atoms with van der Waals surface area (Å²) < 4.78 is 2.49. The van der Waals surface area contributed by atoms with Gasteiger partial charge in [-0.15, -0.1) is 11.3 Å². The molecule has 0 fully saturated rings. The fourth-order valence-electron chi connectivity index (χ4n) is 5.90. The minimum absolute atomic E-state index is 0.0871. The lowest BCUT2D eigenvalue weighted by atomic mass is 9.85. The van der Waals surface area contributed by atoms with Crippen molar-refractivity contribution in [1.82, 2.24) is 9.97 Å². The SMILES string of the molecule is CCC1=C(C)c2cc3ccc(cc4[nH]c(cc5cc(cc1n2)-c1cc(C(C)(C)C)ccc1-5)c(CC)c4C)s3. The summed E-state index contributed by atoms with van der Waals surface area (Å²) in [6.07, 6.45) is 1.97. The van der Waals surface area contributed by atoms with Crippen molar-refractivity contribution in [2.24, 2.45) is 0 Å². The molecular formula is C35H36N2S. The quantitative estimate of drug-likeness (QED) is 0.248. The van der Waals surface area contributed by atoms with E-state index in [0.29, 0.717) is 0 Å². The largest absolute Gasteiger partial charge is 0.355 e. The molecule has 1 N–H and O–H groups in total. The van der Waals surface area contributed by atoms with Gasteiger partial charge in [0.15, 0.2) is 0 Å². The van der Waals surface area contributed by atoms with Gasteiger partial charge >= 0.3 is 0 Å². The highest BCUT2D eigenvalue weighted by Gasteiger charge is 2.22. The van der Waals surface area contributed by atoms with Gasteiger partial charge in [-0.2, -0.15) is 0 Å². The minimum Gasteiger partial charge on any atom is -0.355 e. The van der Waals surface area contributed by atoms with E-state index in [1.807, 2.05) is 11.3 Å². The van der Waals surface area contributed by atoms with Crippen LogP contribution < -0.4 is 0 Å². The molecule has 2 aliphatic rings. The first-order chi connectivity index (χ1) is 18.2. The summed E-state index contributed by atoms with van der Waals surface area (Å²) >= 11 is 1.82. The zero-order chi connectivity index (χ0) is 26.8. The number of hydrogen-bond acceptors (Lipinski definition) is 2. The van der Waals surface area contributed by atoms with Crippen molar-refractivity contribution in [3.8, 4) is 22.3 Å². The van der Waals surface area contributed by atoms with E-state index in [-0.39, 0.29) is 5.41 Å². The van der Waals surface area contributed by atoms with Crippen molar-refractivity contribution < 1.29 is 0 Å². The van der Waals surface area contributed by atoms with Gasteiger partial charge in [-0.3, -0.25) is 0 Å². The Kier molecular flexibility index (Phi) is 5.96. The van der Waals surface area contributed by atoms with Crippen LogP contribution in [0.3, 0.4) is 0 Å². The molecule has 0 amide bonds. The third-order valence-electron chi connectivity index (χ3n) is 8.17. The van der Waals surface area contributed by atoms with Gasteiger partial charge in [0.25, 0.3) is 0 Å². The highest BCUT2D eigenvalue weighted by molar-refractivity contribution is 7.23. The lowest BCUT2D eigenvalue weighted by Gasteiger charge is -2.20. The average molecular weight is 517 g/mol. The van der Waals surface area contributed by atoms with Crippen LogP contribution in [0.25, 0.3) is 53.8 Å². The van der Waals surface area contributed by atoms with Crippen LogP contribution >= 0.6 is 11.3 Å². The molecule has 4 aromatic rings. The third-order valence-corrected chi connectivity index (χ3v) is 9.15. The van der Waals surface area contributed by atoms with E-state index < -0.39 is 0 Å². The number of thiophene rings is 1. The van der Waals surface area contributed by atoms with Crippen molar-refractivity contribution in [2.75, 3.05) is 0 Å². The average Bonchev–Trinajstić information content (AvgIpc) is 3.60. The number of aryl methyl sites for hydroxylation is 2. The molecular weight excluding hydrogens is 480 g/mol. The highest BCUT2D eigenvalue weighted by atomic mass is 32.1. The van der Waals surface area contributed by atoms with E-state index in [9.17, 15) is 0 Å². The molecule has 192 valence electrons. The van der Waals surface area contributed by atoms with E-state index in [1.165, 1.54) is 70.5 Å². The molecule has 1 aliphatic heterocycles. The molecule has 0 saturated heterocycles. The van der Waals surface area contributed by atoms with E-state index >= 15 is 0 Å². The van der Waals surface area contributed by atoms with Crippen molar-refractivity contribution in [2.45, 2.75) is 66.7 Å². The molecule has 0 unspecified atom stereocenters. The van der Waals surface area contributed by atoms with Gasteiger partial charge < -0.3 is 4.98 Å². The van der Waals surface area contributed by atoms with Crippen LogP contribution in [-0.4, -0.2) is 9.97 Å². The second-order valence-electron chi connectivity index (χ2n) is 11.6. The first-order valence-corrected chi connectivity index (χ1v) is 14.6. The van der Waals surface area contributed by atoms with Crippen LogP contribution in [0.1, 0.15) is 76.0 Å². The number of nitrogens with zero attached hydrogens (tertiary/aromatic N) is 1. The van der Waals surface area contributed by atoms with Crippen molar-refractivity contribution in [3.05, 3.63) is 88.7 Å². The van der Waals surface area contributed by atoms with Gasteiger partial charge in [0, 0.05) is 20.4 Å². The van der Waals surface area contributed by atoms with Crippen LogP contribution in [0.4, 0.5) is 0 Å². The Hall–Kier alpha value is -3.43. The number of fused-ring (bicyclic) bond motifs is 11. The number of allylic oxidation sites excluding steroid dienone is 2. The van der Waals surface area contributed by atoms with E-state index in [4.69, 9.17) is 4.98 Å². The van der Waals surface area contributed by atoms with Gasteiger partial charge in [-0.05, 0) is 131 Å². The van der Waals surface area contributed by atoms with Crippen molar-refractivity contribution in [1.29, 1.82) is 0 Å². The molecule has 1 aromatic carbocycles. The smallest absolute Gasteiger partial charge is 0.0683 e. The molecule has 38 heavy (non-hydrogen) atoms. The Morgan fingerprint density at radius 1 is 0.737 bits per heavy atom. The summed E-state index contributed by atoms with van der Waals surface area (Å²) in [4.78, 5) is 8.95. The predicted octanol–water partition coefficient (Wildman–Crippen LogP) is 10.5. The predicted molar refractivity (Wildman–Crippen MR) is 167 cm³/mol. The number of nitrogens with one attached hydrogen (secondary N) is 1. The maximum atomic E-state index is 5.18. The number of hydrogen-bond donors (Lipinski definition) is 1. The summed E-state index contributed by atoms with van der Waals surface area (Å²) in [5, 5.41) is 0. The van der Waals surface area contributed by atoms with Crippen LogP contribution in [0.5, 0.6) is 0 Å². The number of aromatic amines is 1. The maximum absolute atomic E-state index is 5.18. The van der Waals surface area contributed by atoms with Crippen molar-refractivity contribution >= 4 is 42.9 Å². The van der Waals surface area contributed by atoms with Gasteiger partial charge in [-0.25, -0.2) is 4.98 Å². The Morgan fingerprint density at radius 2 is 1.47 bits per heavy atom. The van der Waals surface area contributed by atoms with Crippen LogP contribution in [0.2, 0.25) is 0 Å². The van der Waals surface area contributed by atoms with Gasteiger partial charge in [0.05, 0.1) is 11.4 Å². The Morgan fingerprint density at radius 3 is 2.18 bits per heavy atom. The Labute approximate surface area is 230 Å². The molecule has 2 nitrogen and oxygen atoms in total. The van der Waals surface area contributed by atoms with E-state index in [0.717, 1.165) is 24.2 Å². The molecule has 8 bridgehead atoms. The lowest BCUT2D eigenvalue weighted by Crippen LogP contribution is -2.10. The number of benzene rings is 1. The number of rotatable bonds is 2. The van der Waals surface area contributed by atoms with E-state index in [2.05, 4.69) is 114 Å². The topological polar surface area (TPSA) is 28.7 Å². The first kappa shape index (κ1) is 24.9. The Bertz CT molecular complexity index is 1790.